The Morgan fingerprint density at radius 3 is 2.82 bits per heavy atom. The van der Waals surface area contributed by atoms with E-state index in [2.05, 4.69) is 15.1 Å². The topological polar surface area (TPSA) is 79.3 Å². The highest BCUT2D eigenvalue weighted by atomic mass is 32.2. The van der Waals surface area contributed by atoms with E-state index in [0.717, 1.165) is 28.5 Å². The van der Waals surface area contributed by atoms with E-state index in [9.17, 15) is 8.42 Å². The number of anilines is 1. The van der Waals surface area contributed by atoms with Crippen LogP contribution in [0.1, 0.15) is 11.3 Å². The van der Waals surface area contributed by atoms with Crippen molar-refractivity contribution in [3.05, 3.63) is 11.3 Å². The van der Waals surface area contributed by atoms with Crippen LogP contribution in [0.25, 0.3) is 0 Å². The van der Waals surface area contributed by atoms with Crippen LogP contribution in [0.5, 0.6) is 0 Å². The van der Waals surface area contributed by atoms with E-state index in [4.69, 9.17) is 0 Å². The third-order valence-electron chi connectivity index (χ3n) is 2.78. The molecule has 0 aromatic carbocycles. The average Bonchev–Trinajstić information content (AvgIpc) is 2.55. The van der Waals surface area contributed by atoms with Gasteiger partial charge in [0.05, 0.1) is 5.69 Å². The Bertz CT molecular complexity index is 520. The molecule has 1 aromatic rings. The summed E-state index contributed by atoms with van der Waals surface area (Å²) in [7, 11) is 1.24. The third-order valence-corrected chi connectivity index (χ3v) is 4.19. The summed E-state index contributed by atoms with van der Waals surface area (Å²) < 4.78 is 28.9. The summed E-state index contributed by atoms with van der Waals surface area (Å²) in [4.78, 5) is 0. The SMILES string of the molecule is CN(C)S(=O)(=O)Nc1c2c(nn1C)CCNC2. The first-order chi connectivity index (χ1) is 7.92. The lowest BCUT2D eigenvalue weighted by Crippen LogP contribution is -2.31. The van der Waals surface area contributed by atoms with Crippen molar-refractivity contribution < 1.29 is 8.42 Å². The Hall–Kier alpha value is -1.12. The highest BCUT2D eigenvalue weighted by molar-refractivity contribution is 7.90. The molecule has 0 fully saturated rings. The number of aromatic nitrogens is 2. The summed E-state index contributed by atoms with van der Waals surface area (Å²) in [5, 5.41) is 7.53. The Kier molecular flexibility index (Phi) is 3.11. The first-order valence-corrected chi connectivity index (χ1v) is 6.81. The van der Waals surface area contributed by atoms with Gasteiger partial charge in [-0.15, -0.1) is 0 Å². The van der Waals surface area contributed by atoms with Crippen LogP contribution < -0.4 is 10.0 Å². The van der Waals surface area contributed by atoms with Crippen molar-refractivity contribution in [2.75, 3.05) is 25.4 Å². The van der Waals surface area contributed by atoms with E-state index < -0.39 is 10.2 Å². The molecule has 1 aliphatic heterocycles. The van der Waals surface area contributed by atoms with Gasteiger partial charge in [0.2, 0.25) is 0 Å². The molecule has 8 heteroatoms. The minimum absolute atomic E-state index is 0.543. The van der Waals surface area contributed by atoms with Crippen molar-refractivity contribution in [1.29, 1.82) is 0 Å². The molecule has 1 aliphatic rings. The molecular weight excluding hydrogens is 242 g/mol. The molecule has 2 N–H and O–H groups in total. The minimum atomic E-state index is -3.48. The summed E-state index contributed by atoms with van der Waals surface area (Å²) in [5.74, 6) is 0.543. The van der Waals surface area contributed by atoms with Gasteiger partial charge in [0.25, 0.3) is 0 Å². The molecule has 7 nitrogen and oxygen atoms in total. The lowest BCUT2D eigenvalue weighted by Gasteiger charge is -2.16. The number of rotatable bonds is 3. The molecule has 1 aromatic heterocycles. The van der Waals surface area contributed by atoms with E-state index >= 15 is 0 Å². The molecule has 0 unspecified atom stereocenters. The molecule has 0 bridgehead atoms. The van der Waals surface area contributed by atoms with Crippen molar-refractivity contribution >= 4 is 16.0 Å². The molecule has 0 amide bonds. The molecule has 2 heterocycles. The Morgan fingerprint density at radius 1 is 1.47 bits per heavy atom. The van der Waals surface area contributed by atoms with Crippen molar-refractivity contribution in [2.45, 2.75) is 13.0 Å². The van der Waals surface area contributed by atoms with E-state index in [1.165, 1.54) is 14.1 Å². The van der Waals surface area contributed by atoms with Gasteiger partial charge in [0.1, 0.15) is 5.82 Å². The average molecular weight is 259 g/mol. The van der Waals surface area contributed by atoms with Gasteiger partial charge < -0.3 is 5.32 Å². The van der Waals surface area contributed by atoms with Crippen molar-refractivity contribution in [2.24, 2.45) is 7.05 Å². The maximum Gasteiger partial charge on any atom is 0.302 e. The molecule has 2 rings (SSSR count). The predicted octanol–water partition coefficient (Wildman–Crippen LogP) is -0.716. The Balaban J connectivity index is 2.37. The molecule has 0 aliphatic carbocycles. The standard InChI is InChI=1S/C9H17N5O2S/c1-13(2)17(15,16)12-9-7-6-10-5-4-8(7)11-14(9)3/h10,12H,4-6H2,1-3H3. The Morgan fingerprint density at radius 2 is 2.18 bits per heavy atom. The number of hydrogen-bond donors (Lipinski definition) is 2. The maximum atomic E-state index is 11.8. The van der Waals surface area contributed by atoms with E-state index in [1.807, 2.05) is 0 Å². The number of fused-ring (bicyclic) bond motifs is 1. The van der Waals surface area contributed by atoms with Crippen molar-refractivity contribution in [1.82, 2.24) is 19.4 Å². The Labute approximate surface area is 101 Å². The number of nitrogens with one attached hydrogen (secondary N) is 2. The first-order valence-electron chi connectivity index (χ1n) is 5.37. The second-order valence-corrected chi connectivity index (χ2v) is 6.10. The quantitative estimate of drug-likeness (QED) is 0.751. The van der Waals surface area contributed by atoms with Gasteiger partial charge in [-0.3, -0.25) is 9.40 Å². The van der Waals surface area contributed by atoms with Crippen LogP contribution in [0.4, 0.5) is 5.82 Å². The summed E-state index contributed by atoms with van der Waals surface area (Å²) >= 11 is 0. The maximum absolute atomic E-state index is 11.8. The van der Waals surface area contributed by atoms with Gasteiger partial charge in [0, 0.05) is 46.2 Å². The molecule has 17 heavy (non-hydrogen) atoms. The zero-order valence-corrected chi connectivity index (χ0v) is 11.0. The molecule has 0 atom stereocenters. The summed E-state index contributed by atoms with van der Waals surface area (Å²) in [6.45, 7) is 1.53. The highest BCUT2D eigenvalue weighted by Gasteiger charge is 2.23. The molecule has 0 saturated carbocycles. The smallest absolute Gasteiger partial charge is 0.302 e. The zero-order valence-electron chi connectivity index (χ0n) is 10.2. The summed E-state index contributed by atoms with van der Waals surface area (Å²) in [6, 6.07) is 0. The predicted molar refractivity (Wildman–Crippen MR) is 64.8 cm³/mol. The molecule has 0 saturated heterocycles. The van der Waals surface area contributed by atoms with Crippen LogP contribution in [0.3, 0.4) is 0 Å². The van der Waals surface area contributed by atoms with Gasteiger partial charge in [0.15, 0.2) is 0 Å². The summed E-state index contributed by atoms with van der Waals surface area (Å²) in [5.41, 5.74) is 1.90. The van der Waals surface area contributed by atoms with Gasteiger partial charge in [-0.1, -0.05) is 0 Å². The molecular formula is C9H17N5O2S. The third kappa shape index (κ3) is 2.28. The van der Waals surface area contributed by atoms with E-state index in [-0.39, 0.29) is 0 Å². The van der Waals surface area contributed by atoms with Gasteiger partial charge >= 0.3 is 10.2 Å². The first kappa shape index (κ1) is 12.3. The van der Waals surface area contributed by atoms with Crippen molar-refractivity contribution in [3.8, 4) is 0 Å². The fraction of sp³-hybridized carbons (Fsp3) is 0.667. The number of aryl methyl sites for hydroxylation is 1. The van der Waals surface area contributed by atoms with Crippen LogP contribution in [-0.4, -0.2) is 43.1 Å². The summed E-state index contributed by atoms with van der Waals surface area (Å²) in [6.07, 6.45) is 0.826. The largest absolute Gasteiger partial charge is 0.312 e. The zero-order chi connectivity index (χ0) is 12.6. The van der Waals surface area contributed by atoms with Gasteiger partial charge in [-0.05, 0) is 0 Å². The van der Waals surface area contributed by atoms with Crippen LogP contribution in [0.2, 0.25) is 0 Å². The second kappa shape index (κ2) is 4.28. The fourth-order valence-corrected chi connectivity index (χ4v) is 2.45. The highest BCUT2D eigenvalue weighted by Crippen LogP contribution is 2.23. The van der Waals surface area contributed by atoms with Crippen LogP contribution in [-0.2, 0) is 30.2 Å². The lowest BCUT2D eigenvalue weighted by molar-refractivity contribution is 0.526. The minimum Gasteiger partial charge on any atom is -0.312 e. The van der Waals surface area contributed by atoms with Gasteiger partial charge in [-0.25, -0.2) is 0 Å². The monoisotopic (exact) mass is 259 g/mol. The molecule has 0 radical (unpaired) electrons. The lowest BCUT2D eigenvalue weighted by atomic mass is 10.1. The molecule has 0 spiro atoms. The fourth-order valence-electron chi connectivity index (χ4n) is 1.77. The second-order valence-electron chi connectivity index (χ2n) is 4.21. The van der Waals surface area contributed by atoms with Crippen molar-refractivity contribution in [3.63, 3.8) is 0 Å². The van der Waals surface area contributed by atoms with Crippen LogP contribution in [0, 0.1) is 0 Å². The normalized spacial score (nSPS) is 16.0. The number of nitrogens with zero attached hydrogens (tertiary/aromatic N) is 3. The van der Waals surface area contributed by atoms with E-state index in [1.54, 1.807) is 11.7 Å². The van der Waals surface area contributed by atoms with E-state index in [0.29, 0.717) is 12.4 Å². The van der Waals surface area contributed by atoms with Gasteiger partial charge in [-0.2, -0.15) is 17.8 Å². The van der Waals surface area contributed by atoms with Crippen LogP contribution >= 0.6 is 0 Å². The number of hydrogen-bond acceptors (Lipinski definition) is 4. The van der Waals surface area contributed by atoms with Crippen LogP contribution in [0.15, 0.2) is 0 Å². The molecule has 96 valence electrons.